The first kappa shape index (κ1) is 29.7. The first-order chi connectivity index (χ1) is 18.1. The lowest BCUT2D eigenvalue weighted by Gasteiger charge is -2.33. The summed E-state index contributed by atoms with van der Waals surface area (Å²) in [5, 5.41) is 3.26. The second-order valence-corrected chi connectivity index (χ2v) is 12.2. The molecule has 0 aromatic heterocycles. The molecular weight excluding hydrogens is 590 g/mol. The van der Waals surface area contributed by atoms with Crippen molar-refractivity contribution in [3.63, 3.8) is 0 Å². The van der Waals surface area contributed by atoms with Gasteiger partial charge in [-0.2, -0.15) is 0 Å². The Morgan fingerprint density at radius 2 is 1.66 bits per heavy atom. The molecule has 0 spiro atoms. The van der Waals surface area contributed by atoms with Gasteiger partial charge in [0.05, 0.1) is 11.9 Å². The van der Waals surface area contributed by atoms with Gasteiger partial charge in [-0.3, -0.25) is 13.9 Å². The quantitative estimate of drug-likeness (QED) is 0.308. The molecule has 0 radical (unpaired) electrons. The van der Waals surface area contributed by atoms with Crippen LogP contribution in [0.15, 0.2) is 83.3 Å². The van der Waals surface area contributed by atoms with E-state index < -0.39 is 28.5 Å². The summed E-state index contributed by atoms with van der Waals surface area (Å²) < 4.78 is 27.4. The number of anilines is 1. The number of benzene rings is 3. The van der Waals surface area contributed by atoms with Crippen LogP contribution in [0.5, 0.6) is 0 Å². The van der Waals surface area contributed by atoms with Gasteiger partial charge in [-0.1, -0.05) is 83.0 Å². The number of carbonyl (C=O) groups is 2. The minimum absolute atomic E-state index is 0.121. The van der Waals surface area contributed by atoms with Crippen LogP contribution in [0.3, 0.4) is 0 Å². The van der Waals surface area contributed by atoms with Crippen LogP contribution >= 0.6 is 27.5 Å². The summed E-state index contributed by atoms with van der Waals surface area (Å²) in [6.07, 6.45) is 2.05. The maximum absolute atomic E-state index is 13.9. The van der Waals surface area contributed by atoms with E-state index in [2.05, 4.69) is 21.2 Å². The summed E-state index contributed by atoms with van der Waals surface area (Å²) in [6, 6.07) is 22.3. The molecule has 3 aromatic rings. The third-order valence-electron chi connectivity index (χ3n) is 5.86. The van der Waals surface area contributed by atoms with Gasteiger partial charge in [0.25, 0.3) is 0 Å². The monoisotopic (exact) mass is 619 g/mol. The van der Waals surface area contributed by atoms with Crippen molar-refractivity contribution in [1.82, 2.24) is 10.2 Å². The summed E-state index contributed by atoms with van der Waals surface area (Å²) in [4.78, 5) is 28.8. The molecule has 0 aliphatic heterocycles. The maximum atomic E-state index is 13.9. The van der Waals surface area contributed by atoms with Crippen LogP contribution in [0.1, 0.15) is 24.5 Å². The van der Waals surface area contributed by atoms with Crippen molar-refractivity contribution in [2.75, 3.05) is 23.7 Å². The number of sulfonamides is 1. The normalized spacial score (nSPS) is 12.0. The number of carbonyl (C=O) groups excluding carboxylic acids is 2. The SMILES string of the molecule is CCCNC(=O)C(Cc1ccccc1)N(Cc1ccc(Br)cc1)C(=O)CN(c1cccc(Cl)c1)S(C)(=O)=O. The number of amides is 2. The largest absolute Gasteiger partial charge is 0.354 e. The molecular formula is C28H31BrClN3O4S. The Hall–Kier alpha value is -2.88. The van der Waals surface area contributed by atoms with Crippen molar-refractivity contribution in [2.24, 2.45) is 0 Å². The first-order valence-electron chi connectivity index (χ1n) is 12.2. The molecule has 1 unspecified atom stereocenters. The maximum Gasteiger partial charge on any atom is 0.244 e. The van der Waals surface area contributed by atoms with Gasteiger partial charge < -0.3 is 10.2 Å². The lowest BCUT2D eigenvalue weighted by atomic mass is 10.0. The van der Waals surface area contributed by atoms with Crippen molar-refractivity contribution in [2.45, 2.75) is 32.4 Å². The molecule has 2 amide bonds. The molecule has 0 bridgehead atoms. The first-order valence-corrected chi connectivity index (χ1v) is 15.2. The van der Waals surface area contributed by atoms with E-state index in [0.29, 0.717) is 11.6 Å². The van der Waals surface area contributed by atoms with E-state index in [-0.39, 0.29) is 24.6 Å². The number of halogens is 2. The number of nitrogens with one attached hydrogen (secondary N) is 1. The summed E-state index contributed by atoms with van der Waals surface area (Å²) >= 11 is 9.54. The van der Waals surface area contributed by atoms with Gasteiger partial charge in [0, 0.05) is 29.0 Å². The molecule has 0 saturated heterocycles. The van der Waals surface area contributed by atoms with Crippen molar-refractivity contribution in [3.8, 4) is 0 Å². The molecule has 3 rings (SSSR count). The molecule has 0 aliphatic rings. The van der Waals surface area contributed by atoms with Crippen LogP contribution in [0.25, 0.3) is 0 Å². The zero-order valence-electron chi connectivity index (χ0n) is 21.3. The predicted octanol–water partition coefficient (Wildman–Crippen LogP) is 5.03. The highest BCUT2D eigenvalue weighted by Crippen LogP contribution is 2.23. The van der Waals surface area contributed by atoms with E-state index >= 15 is 0 Å². The second kappa shape index (κ2) is 13.8. The minimum atomic E-state index is -3.84. The average Bonchev–Trinajstić information content (AvgIpc) is 2.88. The van der Waals surface area contributed by atoms with Gasteiger partial charge in [0.15, 0.2) is 0 Å². The Morgan fingerprint density at radius 3 is 2.26 bits per heavy atom. The summed E-state index contributed by atoms with van der Waals surface area (Å²) in [5.41, 5.74) is 1.95. The van der Waals surface area contributed by atoms with E-state index in [0.717, 1.165) is 32.6 Å². The minimum Gasteiger partial charge on any atom is -0.354 e. The smallest absolute Gasteiger partial charge is 0.244 e. The molecule has 7 nitrogen and oxygen atoms in total. The molecule has 1 atom stereocenters. The van der Waals surface area contributed by atoms with Gasteiger partial charge in [0.2, 0.25) is 21.8 Å². The topological polar surface area (TPSA) is 86.8 Å². The van der Waals surface area contributed by atoms with E-state index in [4.69, 9.17) is 11.6 Å². The molecule has 10 heteroatoms. The summed E-state index contributed by atoms with van der Waals surface area (Å²) in [6.45, 7) is 2.05. The lowest BCUT2D eigenvalue weighted by Crippen LogP contribution is -2.53. The van der Waals surface area contributed by atoms with Crippen LogP contribution in [0, 0.1) is 0 Å². The van der Waals surface area contributed by atoms with Crippen LogP contribution in [-0.2, 0) is 32.6 Å². The fourth-order valence-electron chi connectivity index (χ4n) is 3.95. The predicted molar refractivity (Wildman–Crippen MR) is 156 cm³/mol. The van der Waals surface area contributed by atoms with E-state index in [1.165, 1.54) is 11.0 Å². The van der Waals surface area contributed by atoms with Crippen LogP contribution < -0.4 is 9.62 Å². The number of rotatable bonds is 12. The van der Waals surface area contributed by atoms with Gasteiger partial charge in [0.1, 0.15) is 12.6 Å². The van der Waals surface area contributed by atoms with Crippen molar-refractivity contribution in [3.05, 3.63) is 99.5 Å². The highest BCUT2D eigenvalue weighted by molar-refractivity contribution is 9.10. The van der Waals surface area contributed by atoms with Crippen molar-refractivity contribution >= 4 is 55.1 Å². The van der Waals surface area contributed by atoms with E-state index in [1.54, 1.807) is 18.2 Å². The fraction of sp³-hybridized carbons (Fsp3) is 0.286. The van der Waals surface area contributed by atoms with Crippen LogP contribution in [0.4, 0.5) is 5.69 Å². The number of nitrogens with zero attached hydrogens (tertiary/aromatic N) is 2. The Balaban J connectivity index is 2.03. The van der Waals surface area contributed by atoms with Crippen molar-refractivity contribution < 1.29 is 18.0 Å². The average molecular weight is 621 g/mol. The fourth-order valence-corrected chi connectivity index (χ4v) is 5.24. The Bertz CT molecular complexity index is 1340. The van der Waals surface area contributed by atoms with Gasteiger partial charge in [-0.15, -0.1) is 0 Å². The summed E-state index contributed by atoms with van der Waals surface area (Å²) in [5.74, 6) is -0.805. The lowest BCUT2D eigenvalue weighted by molar-refractivity contribution is -0.140. The zero-order chi connectivity index (χ0) is 27.7. The molecule has 0 aliphatic carbocycles. The van der Waals surface area contributed by atoms with Gasteiger partial charge in [-0.25, -0.2) is 8.42 Å². The molecule has 0 heterocycles. The molecule has 0 fully saturated rings. The van der Waals surface area contributed by atoms with E-state index in [1.807, 2.05) is 61.5 Å². The number of hydrogen-bond donors (Lipinski definition) is 1. The molecule has 202 valence electrons. The highest BCUT2D eigenvalue weighted by atomic mass is 79.9. The Labute approximate surface area is 238 Å². The molecule has 1 N–H and O–H groups in total. The standard InChI is InChI=1S/C28H31BrClN3O4S/c1-3-16-31-28(35)26(17-21-8-5-4-6-9-21)32(19-22-12-14-23(29)15-13-22)27(34)20-33(38(2,36)37)25-11-7-10-24(30)18-25/h4-15,18,26H,3,16-17,19-20H2,1-2H3,(H,31,35). The molecule has 0 saturated carbocycles. The second-order valence-electron chi connectivity index (χ2n) is 8.89. The zero-order valence-corrected chi connectivity index (χ0v) is 24.5. The van der Waals surface area contributed by atoms with Crippen LogP contribution in [-0.4, -0.2) is 50.5 Å². The molecule has 3 aromatic carbocycles. The van der Waals surface area contributed by atoms with Crippen molar-refractivity contribution in [1.29, 1.82) is 0 Å². The summed E-state index contributed by atoms with van der Waals surface area (Å²) in [7, 11) is -3.84. The van der Waals surface area contributed by atoms with Gasteiger partial charge in [-0.05, 0) is 47.9 Å². The number of hydrogen-bond acceptors (Lipinski definition) is 4. The van der Waals surface area contributed by atoms with Gasteiger partial charge >= 0.3 is 0 Å². The Morgan fingerprint density at radius 1 is 0.974 bits per heavy atom. The molecule has 38 heavy (non-hydrogen) atoms. The van der Waals surface area contributed by atoms with E-state index in [9.17, 15) is 18.0 Å². The third-order valence-corrected chi connectivity index (χ3v) is 7.77. The third kappa shape index (κ3) is 8.58. The Kier molecular flexibility index (Phi) is 10.8. The highest BCUT2D eigenvalue weighted by Gasteiger charge is 2.33. The van der Waals surface area contributed by atoms with Crippen LogP contribution in [0.2, 0.25) is 5.02 Å².